The molecule has 0 saturated carbocycles. The number of nitrogens with one attached hydrogen (secondary N) is 1. The van der Waals surface area contributed by atoms with Gasteiger partial charge in [0.1, 0.15) is 23.7 Å². The highest BCUT2D eigenvalue weighted by atomic mass is 32.2. The maximum Gasteiger partial charge on any atom is 0.356 e. The van der Waals surface area contributed by atoms with Crippen LogP contribution in [0.3, 0.4) is 0 Å². The number of benzene rings is 2. The molecule has 1 unspecified atom stereocenters. The van der Waals surface area contributed by atoms with Gasteiger partial charge in [0.25, 0.3) is 11.6 Å². The Bertz CT molecular complexity index is 1170. The standard InChI is InChI=1S/C22H17N3O6S2/c26-17(10-13-4-2-1-3-5-13)23-18-20(27)24-19(16(12-32)33-21(18)24)22(28)31-11-14-6-8-15(9-7-14)25(29)30/h1-9,12,18,21H,10-11H2,(H,23,26)/t18?,21-/m0/s1. The first-order valence-electron chi connectivity index (χ1n) is 9.82. The predicted molar refractivity (Wildman–Crippen MR) is 124 cm³/mol. The van der Waals surface area contributed by atoms with E-state index in [1.165, 1.54) is 46.3 Å². The van der Waals surface area contributed by atoms with Crippen molar-refractivity contribution in [3.05, 3.63) is 86.4 Å². The van der Waals surface area contributed by atoms with Crippen molar-refractivity contribution in [2.45, 2.75) is 24.4 Å². The molecule has 168 valence electrons. The van der Waals surface area contributed by atoms with Gasteiger partial charge in [-0.15, -0.1) is 0 Å². The van der Waals surface area contributed by atoms with E-state index in [-0.39, 0.29) is 30.3 Å². The molecule has 11 heteroatoms. The summed E-state index contributed by atoms with van der Waals surface area (Å²) < 4.78 is 5.31. The van der Waals surface area contributed by atoms with Crippen LogP contribution in [0, 0.1) is 10.1 Å². The summed E-state index contributed by atoms with van der Waals surface area (Å²) in [4.78, 5) is 49.7. The summed E-state index contributed by atoms with van der Waals surface area (Å²) in [5.74, 6) is -1.44. The second kappa shape index (κ2) is 9.51. The normalized spacial score (nSPS) is 18.9. The summed E-state index contributed by atoms with van der Waals surface area (Å²) in [6, 6.07) is 14.0. The van der Waals surface area contributed by atoms with Crippen LogP contribution in [0.1, 0.15) is 11.1 Å². The van der Waals surface area contributed by atoms with Gasteiger partial charge < -0.3 is 10.1 Å². The summed E-state index contributed by atoms with van der Waals surface area (Å²) in [5, 5.41) is 14.3. The van der Waals surface area contributed by atoms with Crippen molar-refractivity contribution in [1.82, 2.24) is 10.2 Å². The van der Waals surface area contributed by atoms with Crippen LogP contribution in [-0.2, 0) is 32.1 Å². The van der Waals surface area contributed by atoms with Gasteiger partial charge in [0, 0.05) is 17.5 Å². The van der Waals surface area contributed by atoms with E-state index in [2.05, 4.69) is 5.32 Å². The van der Waals surface area contributed by atoms with E-state index in [0.29, 0.717) is 10.5 Å². The van der Waals surface area contributed by atoms with Crippen LogP contribution in [0.2, 0.25) is 0 Å². The second-order valence-corrected chi connectivity index (χ2v) is 8.65. The number of thiocarbonyl (C=S) groups is 1. The summed E-state index contributed by atoms with van der Waals surface area (Å²) in [5.41, 5.74) is 1.35. The minimum absolute atomic E-state index is 0.0421. The fourth-order valence-corrected chi connectivity index (χ4v) is 5.00. The Balaban J connectivity index is 1.38. The molecule has 2 aromatic rings. The number of allylic oxidation sites excluding steroid dienone is 1. The highest BCUT2D eigenvalue weighted by Crippen LogP contribution is 2.46. The first kappa shape index (κ1) is 22.6. The fourth-order valence-electron chi connectivity index (χ4n) is 3.48. The van der Waals surface area contributed by atoms with Gasteiger partial charge in [-0.2, -0.15) is 0 Å². The summed E-state index contributed by atoms with van der Waals surface area (Å²) in [6.45, 7) is -0.125. The molecule has 9 nitrogen and oxygen atoms in total. The topological polar surface area (TPSA) is 119 Å². The lowest BCUT2D eigenvalue weighted by Crippen LogP contribution is -2.68. The van der Waals surface area contributed by atoms with E-state index in [4.69, 9.17) is 17.0 Å². The van der Waals surface area contributed by atoms with E-state index >= 15 is 0 Å². The monoisotopic (exact) mass is 483 g/mol. The van der Waals surface area contributed by atoms with Gasteiger partial charge in [0.15, 0.2) is 0 Å². The number of hydrogen-bond donors (Lipinski definition) is 1. The van der Waals surface area contributed by atoms with Crippen LogP contribution in [0.15, 0.2) is 65.2 Å². The van der Waals surface area contributed by atoms with Crippen molar-refractivity contribution in [3.8, 4) is 0 Å². The minimum atomic E-state index is -0.767. The number of carbonyl (C=O) groups is 3. The van der Waals surface area contributed by atoms with Crippen molar-refractivity contribution < 1.29 is 24.0 Å². The molecule has 0 aromatic heterocycles. The Kier molecular flexibility index (Phi) is 6.52. The minimum Gasteiger partial charge on any atom is -0.456 e. The van der Waals surface area contributed by atoms with E-state index in [9.17, 15) is 24.5 Å². The van der Waals surface area contributed by atoms with Crippen LogP contribution in [-0.4, -0.2) is 44.4 Å². The third-order valence-electron chi connectivity index (χ3n) is 5.11. The number of ether oxygens (including phenoxy) is 1. The number of esters is 1. The fraction of sp³-hybridized carbons (Fsp3) is 0.182. The first-order valence-corrected chi connectivity index (χ1v) is 11.2. The number of non-ortho nitro benzene ring substituents is 1. The summed E-state index contributed by atoms with van der Waals surface area (Å²) >= 11 is 6.23. The molecule has 33 heavy (non-hydrogen) atoms. The maximum absolute atomic E-state index is 12.7. The summed E-state index contributed by atoms with van der Waals surface area (Å²) in [6.07, 6.45) is 0.138. The Morgan fingerprint density at radius 1 is 1.15 bits per heavy atom. The van der Waals surface area contributed by atoms with Crippen molar-refractivity contribution in [1.29, 1.82) is 0 Å². The number of fused-ring (bicyclic) bond motifs is 1. The SMILES string of the molecule is O=C(Cc1ccccc1)NC1C(=O)N2C(C(=O)OCc3ccc([N+](=O)[O-])cc3)=C(C=S)S[C@@H]12. The van der Waals surface area contributed by atoms with E-state index in [1.807, 2.05) is 30.3 Å². The van der Waals surface area contributed by atoms with Crippen LogP contribution >= 0.6 is 24.0 Å². The smallest absolute Gasteiger partial charge is 0.356 e. The van der Waals surface area contributed by atoms with E-state index in [1.54, 1.807) is 0 Å². The number of nitrogens with zero attached hydrogens (tertiary/aromatic N) is 2. The third kappa shape index (κ3) is 4.64. The molecule has 2 aliphatic rings. The maximum atomic E-state index is 12.7. The number of β-lactam (4-membered cyclic amide) rings is 1. The zero-order chi connectivity index (χ0) is 23.5. The van der Waals surface area contributed by atoms with Gasteiger partial charge in [0.05, 0.1) is 16.2 Å². The van der Waals surface area contributed by atoms with Crippen molar-refractivity contribution in [2.75, 3.05) is 0 Å². The molecular weight excluding hydrogens is 466 g/mol. The van der Waals surface area contributed by atoms with Gasteiger partial charge >= 0.3 is 5.97 Å². The number of hydrogen-bond acceptors (Lipinski definition) is 8. The number of nitro benzene ring substituents is 1. The quantitative estimate of drug-likeness (QED) is 0.200. The Hall–Kier alpha value is -3.57. The molecule has 0 spiro atoms. The molecule has 4 rings (SSSR count). The highest BCUT2D eigenvalue weighted by Gasteiger charge is 2.56. The molecule has 0 bridgehead atoms. The number of amides is 2. The average Bonchev–Trinajstić information content (AvgIpc) is 3.17. The second-order valence-electron chi connectivity index (χ2n) is 7.25. The lowest BCUT2D eigenvalue weighted by Gasteiger charge is -2.42. The molecule has 2 amide bonds. The average molecular weight is 484 g/mol. The number of nitro groups is 1. The zero-order valence-corrected chi connectivity index (χ0v) is 18.6. The molecule has 0 aliphatic carbocycles. The van der Waals surface area contributed by atoms with E-state index < -0.39 is 28.2 Å². The van der Waals surface area contributed by atoms with Crippen molar-refractivity contribution in [3.63, 3.8) is 0 Å². The third-order valence-corrected chi connectivity index (χ3v) is 6.78. The van der Waals surface area contributed by atoms with Crippen LogP contribution < -0.4 is 5.32 Å². The Morgan fingerprint density at radius 3 is 2.48 bits per heavy atom. The van der Waals surface area contributed by atoms with Crippen LogP contribution in [0.4, 0.5) is 5.69 Å². The Morgan fingerprint density at radius 2 is 1.85 bits per heavy atom. The lowest BCUT2D eigenvalue weighted by atomic mass is 10.0. The molecule has 1 saturated heterocycles. The first-order chi connectivity index (χ1) is 15.9. The predicted octanol–water partition coefficient (Wildman–Crippen LogP) is 2.49. The Labute approximate surface area is 197 Å². The molecule has 1 N–H and O–H groups in total. The molecule has 2 aromatic carbocycles. The van der Waals surface area contributed by atoms with Crippen molar-refractivity contribution in [2.24, 2.45) is 0 Å². The molecule has 1 fully saturated rings. The highest BCUT2D eigenvalue weighted by molar-refractivity contribution is 8.06. The van der Waals surface area contributed by atoms with Gasteiger partial charge in [-0.05, 0) is 23.3 Å². The number of carbonyl (C=O) groups excluding carboxylic acids is 3. The molecule has 2 atom stereocenters. The van der Waals surface area contributed by atoms with Gasteiger partial charge in [-0.3, -0.25) is 24.6 Å². The molecule has 0 radical (unpaired) electrons. The lowest BCUT2D eigenvalue weighted by molar-refractivity contribution is -0.384. The van der Waals surface area contributed by atoms with Crippen molar-refractivity contribution >= 4 is 52.8 Å². The molecule has 2 aliphatic heterocycles. The zero-order valence-electron chi connectivity index (χ0n) is 17.0. The number of rotatable bonds is 8. The van der Waals surface area contributed by atoms with Crippen LogP contribution in [0.25, 0.3) is 0 Å². The van der Waals surface area contributed by atoms with Gasteiger partial charge in [-0.1, -0.05) is 54.3 Å². The molecular formula is C22H17N3O6S2. The van der Waals surface area contributed by atoms with Gasteiger partial charge in [-0.25, -0.2) is 4.79 Å². The van der Waals surface area contributed by atoms with Gasteiger partial charge in [0.2, 0.25) is 5.91 Å². The summed E-state index contributed by atoms with van der Waals surface area (Å²) in [7, 11) is 0. The van der Waals surface area contributed by atoms with E-state index in [0.717, 1.165) is 5.56 Å². The number of thioether (sulfide) groups is 1. The largest absolute Gasteiger partial charge is 0.456 e. The molecule has 2 heterocycles. The van der Waals surface area contributed by atoms with Crippen LogP contribution in [0.5, 0.6) is 0 Å².